The van der Waals surface area contributed by atoms with E-state index in [9.17, 15) is 4.57 Å². The SMILES string of the molecule is [N-]=[N+]=NCC(Cn1cnc2c(N)nc(N)nc21)OCP(=O)(O)O. The molecule has 0 bridgehead atoms. The molecule has 0 aromatic carbocycles. The molecule has 0 saturated heterocycles. The van der Waals surface area contributed by atoms with Crippen molar-refractivity contribution in [3.63, 3.8) is 0 Å². The highest BCUT2D eigenvalue weighted by atomic mass is 31.2. The van der Waals surface area contributed by atoms with E-state index in [0.717, 1.165) is 0 Å². The van der Waals surface area contributed by atoms with Crippen molar-refractivity contribution in [3.8, 4) is 0 Å². The quantitative estimate of drug-likeness (QED) is 0.227. The molecule has 2 rings (SSSR count). The molecule has 1 unspecified atom stereocenters. The highest BCUT2D eigenvalue weighted by molar-refractivity contribution is 7.51. The molecule has 23 heavy (non-hydrogen) atoms. The maximum absolute atomic E-state index is 10.9. The van der Waals surface area contributed by atoms with Crippen LogP contribution in [0.4, 0.5) is 11.8 Å². The van der Waals surface area contributed by atoms with Gasteiger partial charge in [0.2, 0.25) is 5.95 Å². The number of nitrogens with zero attached hydrogens (tertiary/aromatic N) is 7. The Kier molecular flexibility index (Phi) is 4.98. The first-order valence-corrected chi connectivity index (χ1v) is 8.01. The lowest BCUT2D eigenvalue weighted by atomic mass is 10.3. The number of aromatic nitrogens is 4. The molecule has 0 fully saturated rings. The molecular weight excluding hydrogens is 329 g/mol. The molecule has 2 aromatic rings. The van der Waals surface area contributed by atoms with Gasteiger partial charge in [0, 0.05) is 4.91 Å². The smallest absolute Gasteiger partial charge is 0.350 e. The number of nitrogen functional groups attached to an aromatic ring is 2. The molecule has 14 heteroatoms. The zero-order valence-electron chi connectivity index (χ0n) is 11.7. The summed E-state index contributed by atoms with van der Waals surface area (Å²) >= 11 is 0. The van der Waals surface area contributed by atoms with Gasteiger partial charge in [-0.05, 0) is 5.53 Å². The van der Waals surface area contributed by atoms with Crippen LogP contribution < -0.4 is 11.5 Å². The molecule has 0 aliphatic heterocycles. The van der Waals surface area contributed by atoms with Crippen LogP contribution >= 0.6 is 7.60 Å². The number of hydrogen-bond acceptors (Lipinski definition) is 8. The zero-order valence-corrected chi connectivity index (χ0v) is 12.6. The predicted molar refractivity (Wildman–Crippen MR) is 79.9 cm³/mol. The first kappa shape index (κ1) is 16.9. The summed E-state index contributed by atoms with van der Waals surface area (Å²) < 4.78 is 17.5. The molecule has 0 aliphatic rings. The molecule has 13 nitrogen and oxygen atoms in total. The first-order valence-electron chi connectivity index (χ1n) is 6.21. The average molecular weight is 343 g/mol. The van der Waals surface area contributed by atoms with E-state index in [4.69, 9.17) is 31.5 Å². The van der Waals surface area contributed by atoms with Crippen LogP contribution in [-0.4, -0.2) is 48.3 Å². The van der Waals surface area contributed by atoms with Gasteiger partial charge in [0.25, 0.3) is 0 Å². The largest absolute Gasteiger partial charge is 0.382 e. The third kappa shape index (κ3) is 4.52. The van der Waals surface area contributed by atoms with Crippen LogP contribution in [0.3, 0.4) is 0 Å². The van der Waals surface area contributed by atoms with Crippen LogP contribution in [0.25, 0.3) is 21.6 Å². The van der Waals surface area contributed by atoms with Gasteiger partial charge in [-0.2, -0.15) is 9.97 Å². The van der Waals surface area contributed by atoms with Crippen LogP contribution in [0.2, 0.25) is 0 Å². The van der Waals surface area contributed by atoms with E-state index in [0.29, 0.717) is 11.2 Å². The molecule has 6 N–H and O–H groups in total. The minimum atomic E-state index is -4.35. The molecule has 124 valence electrons. The Bertz CT molecular complexity index is 796. The van der Waals surface area contributed by atoms with Crippen molar-refractivity contribution in [1.29, 1.82) is 0 Å². The summed E-state index contributed by atoms with van der Waals surface area (Å²) in [7, 11) is -4.35. The molecule has 2 heterocycles. The minimum absolute atomic E-state index is 0.0421. The average Bonchev–Trinajstić information content (AvgIpc) is 2.84. The Labute approximate surface area is 129 Å². The standard InChI is InChI=1S/C9H14N9O4P/c10-7-6-8(16-9(11)15-7)18(3-13-6)2-5(1-14-17-12)22-4-23(19,20)21/h3,5H,1-2,4H2,(H2,19,20,21)(H4,10,11,15,16). The summed E-state index contributed by atoms with van der Waals surface area (Å²) in [6.07, 6.45) is -0.197. The minimum Gasteiger partial charge on any atom is -0.382 e. The zero-order chi connectivity index (χ0) is 17.0. The fraction of sp³-hybridized carbons (Fsp3) is 0.444. The summed E-state index contributed by atoms with van der Waals surface area (Å²) in [5.41, 5.74) is 20.3. The topological polar surface area (TPSA) is 211 Å². The van der Waals surface area contributed by atoms with Crippen molar-refractivity contribution in [3.05, 3.63) is 16.8 Å². The number of anilines is 2. The van der Waals surface area contributed by atoms with Gasteiger partial charge in [-0.3, -0.25) is 4.57 Å². The van der Waals surface area contributed by atoms with Crippen molar-refractivity contribution in [2.45, 2.75) is 12.6 Å². The lowest BCUT2D eigenvalue weighted by molar-refractivity contribution is 0.0692. The van der Waals surface area contributed by atoms with Crippen LogP contribution in [0.5, 0.6) is 0 Å². The van der Waals surface area contributed by atoms with E-state index < -0.39 is 20.0 Å². The summed E-state index contributed by atoms with van der Waals surface area (Å²) in [6, 6.07) is 0. The van der Waals surface area contributed by atoms with Gasteiger partial charge in [0.1, 0.15) is 11.9 Å². The van der Waals surface area contributed by atoms with Crippen LogP contribution in [-0.2, 0) is 15.8 Å². The van der Waals surface area contributed by atoms with Gasteiger partial charge in [0.15, 0.2) is 11.5 Å². The van der Waals surface area contributed by atoms with E-state index in [1.54, 1.807) is 0 Å². The molecule has 2 aromatic heterocycles. The lowest BCUT2D eigenvalue weighted by Gasteiger charge is -2.17. The second-order valence-corrected chi connectivity index (χ2v) is 6.12. The summed E-state index contributed by atoms with van der Waals surface area (Å²) in [6.45, 7) is -0.0579. The van der Waals surface area contributed by atoms with Crippen LogP contribution in [0.15, 0.2) is 11.4 Å². The molecule has 0 saturated carbocycles. The van der Waals surface area contributed by atoms with Crippen molar-refractivity contribution in [1.82, 2.24) is 19.5 Å². The lowest BCUT2D eigenvalue weighted by Crippen LogP contribution is -2.23. The van der Waals surface area contributed by atoms with E-state index in [-0.39, 0.29) is 24.9 Å². The molecular formula is C9H14N9O4P. The van der Waals surface area contributed by atoms with E-state index >= 15 is 0 Å². The van der Waals surface area contributed by atoms with Crippen LogP contribution in [0, 0.1) is 0 Å². The molecule has 0 amide bonds. The Balaban J connectivity index is 2.24. The number of imidazole rings is 1. The van der Waals surface area contributed by atoms with Gasteiger partial charge in [0.05, 0.1) is 25.5 Å². The number of azide groups is 1. The second kappa shape index (κ2) is 6.77. The van der Waals surface area contributed by atoms with Gasteiger partial charge in [-0.15, -0.1) is 0 Å². The fourth-order valence-corrected chi connectivity index (χ4v) is 2.23. The van der Waals surface area contributed by atoms with E-state index in [1.807, 2.05) is 0 Å². The fourth-order valence-electron chi connectivity index (χ4n) is 1.83. The molecule has 1 atom stereocenters. The van der Waals surface area contributed by atoms with Crippen molar-refractivity contribution >= 4 is 30.5 Å². The number of hydrogen-bond donors (Lipinski definition) is 4. The van der Waals surface area contributed by atoms with Crippen molar-refractivity contribution in [2.75, 3.05) is 24.4 Å². The van der Waals surface area contributed by atoms with Gasteiger partial charge < -0.3 is 30.6 Å². The van der Waals surface area contributed by atoms with Gasteiger partial charge in [-0.25, -0.2) is 4.98 Å². The molecule has 0 radical (unpaired) electrons. The van der Waals surface area contributed by atoms with Crippen molar-refractivity contribution < 1.29 is 19.1 Å². The monoisotopic (exact) mass is 343 g/mol. The Morgan fingerprint density at radius 1 is 1.48 bits per heavy atom. The van der Waals surface area contributed by atoms with Crippen molar-refractivity contribution in [2.24, 2.45) is 5.11 Å². The summed E-state index contributed by atoms with van der Waals surface area (Å²) in [5.74, 6) is 0.0634. The molecule has 0 aliphatic carbocycles. The maximum Gasteiger partial charge on any atom is 0.350 e. The van der Waals surface area contributed by atoms with Gasteiger partial charge >= 0.3 is 7.60 Å². The Morgan fingerprint density at radius 2 is 2.22 bits per heavy atom. The second-order valence-electron chi connectivity index (χ2n) is 4.53. The Morgan fingerprint density at radius 3 is 2.87 bits per heavy atom. The highest BCUT2D eigenvalue weighted by Gasteiger charge is 2.19. The maximum atomic E-state index is 10.9. The normalized spacial score (nSPS) is 13.0. The summed E-state index contributed by atoms with van der Waals surface area (Å²) in [5, 5.41) is 3.36. The van der Waals surface area contributed by atoms with E-state index in [2.05, 4.69) is 25.0 Å². The van der Waals surface area contributed by atoms with E-state index in [1.165, 1.54) is 10.9 Å². The number of ether oxygens (including phenoxy) is 1. The summed E-state index contributed by atoms with van der Waals surface area (Å²) in [4.78, 5) is 32.2. The third-order valence-electron chi connectivity index (χ3n) is 2.74. The number of fused-ring (bicyclic) bond motifs is 1. The molecule has 0 spiro atoms. The highest BCUT2D eigenvalue weighted by Crippen LogP contribution is 2.34. The first-order chi connectivity index (χ1) is 10.8. The van der Waals surface area contributed by atoms with Crippen LogP contribution in [0.1, 0.15) is 0 Å². The number of rotatable bonds is 7. The third-order valence-corrected chi connectivity index (χ3v) is 3.22. The van der Waals surface area contributed by atoms with Gasteiger partial charge in [-0.1, -0.05) is 5.11 Å². The number of nitrogens with two attached hydrogens (primary N) is 2. The predicted octanol–water partition coefficient (Wildman–Crippen LogP) is -0.179. The Hall–Kier alpha value is -2.43.